The molecule has 0 saturated carbocycles. The van der Waals surface area contributed by atoms with E-state index in [4.69, 9.17) is 4.74 Å². The van der Waals surface area contributed by atoms with E-state index in [0.717, 1.165) is 0 Å². The molecule has 160 valence electrons. The van der Waals surface area contributed by atoms with Gasteiger partial charge in [-0.25, -0.2) is 17.5 Å². The van der Waals surface area contributed by atoms with Crippen LogP contribution in [0.3, 0.4) is 0 Å². The van der Waals surface area contributed by atoms with Crippen LogP contribution in [0.5, 0.6) is 5.75 Å². The van der Waals surface area contributed by atoms with Gasteiger partial charge in [-0.15, -0.1) is 0 Å². The van der Waals surface area contributed by atoms with Crippen LogP contribution in [-0.4, -0.2) is 33.3 Å². The summed E-state index contributed by atoms with van der Waals surface area (Å²) in [4.78, 5) is 24.0. The van der Waals surface area contributed by atoms with Gasteiger partial charge in [-0.3, -0.25) is 9.59 Å². The monoisotopic (exact) mass is 442 g/mol. The Labute approximate surface area is 178 Å². The SMILES string of the molecule is O=C(COc1ccc(F)cc1)Nc1ccc(S(=O)(=O)NCC(=O)c2ccccc2)cc1. The number of benzene rings is 3. The maximum atomic E-state index is 12.9. The minimum Gasteiger partial charge on any atom is -0.484 e. The van der Waals surface area contributed by atoms with Gasteiger partial charge in [0.1, 0.15) is 11.6 Å². The Kier molecular flexibility index (Phi) is 7.11. The number of carbonyl (C=O) groups excluding carboxylic acids is 2. The average molecular weight is 442 g/mol. The standard InChI is InChI=1S/C22H19FN2O5S/c23-17-6-10-19(11-7-17)30-15-22(27)25-18-8-12-20(13-9-18)31(28,29)24-14-21(26)16-4-2-1-3-5-16/h1-13,24H,14-15H2,(H,25,27). The number of sulfonamides is 1. The Morgan fingerprint density at radius 3 is 2.16 bits per heavy atom. The molecule has 3 rings (SSSR count). The Bertz CT molecular complexity index is 1150. The molecular formula is C22H19FN2O5S. The Morgan fingerprint density at radius 2 is 1.52 bits per heavy atom. The summed E-state index contributed by atoms with van der Waals surface area (Å²) in [5.74, 6) is -0.888. The highest BCUT2D eigenvalue weighted by Gasteiger charge is 2.16. The summed E-state index contributed by atoms with van der Waals surface area (Å²) >= 11 is 0. The molecule has 0 aliphatic heterocycles. The van der Waals surface area contributed by atoms with Gasteiger partial charge in [0.25, 0.3) is 5.91 Å². The van der Waals surface area contributed by atoms with Crippen molar-refractivity contribution in [3.8, 4) is 5.75 Å². The third-order valence-electron chi connectivity index (χ3n) is 4.15. The van der Waals surface area contributed by atoms with Crippen LogP contribution in [0.4, 0.5) is 10.1 Å². The summed E-state index contributed by atoms with van der Waals surface area (Å²) in [5.41, 5.74) is 0.776. The van der Waals surface area contributed by atoms with Gasteiger partial charge in [0, 0.05) is 11.3 Å². The predicted octanol–water partition coefficient (Wildman–Crippen LogP) is 3.00. The number of anilines is 1. The number of ketones is 1. The number of hydrogen-bond acceptors (Lipinski definition) is 5. The number of nitrogens with one attached hydrogen (secondary N) is 2. The van der Waals surface area contributed by atoms with Gasteiger partial charge in [0.2, 0.25) is 10.0 Å². The van der Waals surface area contributed by atoms with E-state index in [9.17, 15) is 22.4 Å². The van der Waals surface area contributed by atoms with Gasteiger partial charge in [0.15, 0.2) is 12.4 Å². The van der Waals surface area contributed by atoms with Crippen molar-refractivity contribution < 1.29 is 27.1 Å². The first kappa shape index (κ1) is 22.1. The van der Waals surface area contributed by atoms with E-state index in [1.54, 1.807) is 30.3 Å². The van der Waals surface area contributed by atoms with Crippen molar-refractivity contribution in [1.29, 1.82) is 0 Å². The molecule has 0 bridgehead atoms. The first-order chi connectivity index (χ1) is 14.8. The second-order valence-corrected chi connectivity index (χ2v) is 8.20. The molecule has 0 fully saturated rings. The molecule has 7 nitrogen and oxygen atoms in total. The van der Waals surface area contributed by atoms with Crippen LogP contribution < -0.4 is 14.8 Å². The van der Waals surface area contributed by atoms with Crippen LogP contribution >= 0.6 is 0 Å². The molecule has 3 aromatic rings. The third kappa shape index (κ3) is 6.46. The molecule has 31 heavy (non-hydrogen) atoms. The number of amides is 1. The van der Waals surface area contributed by atoms with E-state index in [2.05, 4.69) is 10.0 Å². The zero-order valence-electron chi connectivity index (χ0n) is 16.2. The van der Waals surface area contributed by atoms with Crippen molar-refractivity contribution in [2.24, 2.45) is 0 Å². The van der Waals surface area contributed by atoms with Crippen LogP contribution in [-0.2, 0) is 14.8 Å². The minimum atomic E-state index is -3.90. The van der Waals surface area contributed by atoms with Crippen LogP contribution in [0.25, 0.3) is 0 Å². The molecule has 0 radical (unpaired) electrons. The third-order valence-corrected chi connectivity index (χ3v) is 5.57. The Hall–Kier alpha value is -3.56. The lowest BCUT2D eigenvalue weighted by Gasteiger charge is -2.09. The van der Waals surface area contributed by atoms with E-state index in [0.29, 0.717) is 17.0 Å². The minimum absolute atomic E-state index is 0.0473. The molecule has 0 atom stereocenters. The fourth-order valence-electron chi connectivity index (χ4n) is 2.56. The largest absolute Gasteiger partial charge is 0.484 e. The molecule has 2 N–H and O–H groups in total. The van der Waals surface area contributed by atoms with Crippen molar-refractivity contribution >= 4 is 27.4 Å². The summed E-state index contributed by atoms with van der Waals surface area (Å²) < 4.78 is 45.1. The van der Waals surface area contributed by atoms with Crippen molar-refractivity contribution in [3.63, 3.8) is 0 Å². The Morgan fingerprint density at radius 1 is 0.871 bits per heavy atom. The summed E-state index contributed by atoms with van der Waals surface area (Å²) in [5, 5.41) is 2.57. The van der Waals surface area contributed by atoms with Gasteiger partial charge < -0.3 is 10.1 Å². The predicted molar refractivity (Wildman–Crippen MR) is 113 cm³/mol. The summed E-state index contributed by atoms with van der Waals surface area (Å²) in [6.07, 6.45) is 0. The van der Waals surface area contributed by atoms with E-state index in [1.807, 2.05) is 0 Å². The van der Waals surface area contributed by atoms with E-state index < -0.39 is 21.7 Å². The number of Topliss-reactive ketones (excluding diaryl/α,β-unsaturated/α-hetero) is 1. The lowest BCUT2D eigenvalue weighted by Crippen LogP contribution is -2.29. The second kappa shape index (κ2) is 9.96. The maximum absolute atomic E-state index is 12.9. The van der Waals surface area contributed by atoms with Crippen LogP contribution in [0.2, 0.25) is 0 Å². The van der Waals surface area contributed by atoms with Crippen molar-refractivity contribution in [2.45, 2.75) is 4.90 Å². The number of hydrogen-bond donors (Lipinski definition) is 2. The highest BCUT2D eigenvalue weighted by molar-refractivity contribution is 7.89. The molecule has 9 heteroatoms. The first-order valence-electron chi connectivity index (χ1n) is 9.20. The zero-order chi connectivity index (χ0) is 22.3. The number of rotatable bonds is 9. The molecule has 0 spiro atoms. The quantitative estimate of drug-likeness (QED) is 0.496. The van der Waals surface area contributed by atoms with Gasteiger partial charge in [-0.1, -0.05) is 30.3 Å². The van der Waals surface area contributed by atoms with Crippen molar-refractivity contribution in [3.05, 3.63) is 90.2 Å². The van der Waals surface area contributed by atoms with E-state index >= 15 is 0 Å². The van der Waals surface area contributed by atoms with Gasteiger partial charge in [0.05, 0.1) is 11.4 Å². The first-order valence-corrected chi connectivity index (χ1v) is 10.7. The lowest BCUT2D eigenvalue weighted by atomic mass is 10.1. The lowest BCUT2D eigenvalue weighted by molar-refractivity contribution is -0.118. The molecule has 0 saturated heterocycles. The average Bonchev–Trinajstić information content (AvgIpc) is 2.78. The van der Waals surface area contributed by atoms with Crippen LogP contribution in [0.15, 0.2) is 83.8 Å². The van der Waals surface area contributed by atoms with Crippen molar-refractivity contribution in [2.75, 3.05) is 18.5 Å². The number of ether oxygens (including phenoxy) is 1. The maximum Gasteiger partial charge on any atom is 0.262 e. The van der Waals surface area contributed by atoms with Crippen LogP contribution in [0, 0.1) is 5.82 Å². The van der Waals surface area contributed by atoms with Crippen LogP contribution in [0.1, 0.15) is 10.4 Å². The fraction of sp³-hybridized carbons (Fsp3) is 0.0909. The molecule has 1 amide bonds. The highest BCUT2D eigenvalue weighted by Crippen LogP contribution is 2.15. The van der Waals surface area contributed by atoms with E-state index in [1.165, 1.54) is 48.5 Å². The molecule has 0 unspecified atom stereocenters. The summed E-state index contributed by atoms with van der Waals surface area (Å²) in [6, 6.07) is 19.1. The number of carbonyl (C=O) groups is 2. The molecule has 0 heterocycles. The fourth-order valence-corrected chi connectivity index (χ4v) is 3.55. The van der Waals surface area contributed by atoms with Crippen molar-refractivity contribution in [1.82, 2.24) is 4.72 Å². The molecule has 0 aromatic heterocycles. The molecular weight excluding hydrogens is 423 g/mol. The topological polar surface area (TPSA) is 102 Å². The van der Waals surface area contributed by atoms with E-state index in [-0.39, 0.29) is 23.8 Å². The van der Waals surface area contributed by atoms with Gasteiger partial charge in [-0.05, 0) is 48.5 Å². The van der Waals surface area contributed by atoms with Gasteiger partial charge >= 0.3 is 0 Å². The normalized spacial score (nSPS) is 11.0. The highest BCUT2D eigenvalue weighted by atomic mass is 32.2. The second-order valence-electron chi connectivity index (χ2n) is 6.43. The number of halogens is 1. The molecule has 0 aliphatic rings. The van der Waals surface area contributed by atoms with Gasteiger partial charge in [-0.2, -0.15) is 0 Å². The Balaban J connectivity index is 1.52. The molecule has 3 aromatic carbocycles. The molecule has 0 aliphatic carbocycles. The summed E-state index contributed by atoms with van der Waals surface area (Å²) in [6.45, 7) is -0.666. The summed E-state index contributed by atoms with van der Waals surface area (Å²) in [7, 11) is -3.90. The smallest absolute Gasteiger partial charge is 0.262 e. The zero-order valence-corrected chi connectivity index (χ0v) is 17.1.